The number of carbonyl (C=O) groups is 1. The van der Waals surface area contributed by atoms with Crippen molar-refractivity contribution >= 4 is 17.8 Å². The van der Waals surface area contributed by atoms with Crippen molar-refractivity contribution in [2.75, 3.05) is 19.3 Å². The summed E-state index contributed by atoms with van der Waals surface area (Å²) >= 11 is 5.07. The van der Waals surface area contributed by atoms with Crippen LogP contribution in [0.5, 0.6) is 0 Å². The lowest BCUT2D eigenvalue weighted by molar-refractivity contribution is 0.0653. The Labute approximate surface area is 70.1 Å². The number of unbranched alkanes of at least 4 members (excludes halogenated alkanes) is 1. The van der Waals surface area contributed by atoms with E-state index in [1.165, 1.54) is 0 Å². The molecule has 0 aliphatic heterocycles. The van der Waals surface area contributed by atoms with E-state index in [1.54, 1.807) is 0 Å². The third-order valence-corrected chi connectivity index (χ3v) is 1.05. The Morgan fingerprint density at radius 1 is 1.36 bits per heavy atom. The molecule has 0 fully saturated rings. The van der Waals surface area contributed by atoms with Crippen LogP contribution in [-0.2, 0) is 9.47 Å². The van der Waals surface area contributed by atoms with E-state index < -0.39 is 6.16 Å². The predicted molar refractivity (Wildman–Crippen MR) is 39.5 cm³/mol. The van der Waals surface area contributed by atoms with Gasteiger partial charge in [0.15, 0.2) is 6.07 Å². The molecule has 0 aromatic heterocycles. The molecule has 0 bridgehead atoms. The highest BCUT2D eigenvalue weighted by molar-refractivity contribution is 6.17. The van der Waals surface area contributed by atoms with E-state index in [2.05, 4.69) is 9.47 Å². The van der Waals surface area contributed by atoms with Gasteiger partial charge < -0.3 is 14.6 Å². The summed E-state index contributed by atoms with van der Waals surface area (Å²) in [6, 6.07) is -0.196. The molecule has 4 nitrogen and oxygen atoms in total. The third-order valence-electron chi connectivity index (χ3n) is 0.945. The summed E-state index contributed by atoms with van der Waals surface area (Å²) in [5, 5.41) is 8.34. The third kappa shape index (κ3) is 7.42. The molecule has 0 saturated heterocycles. The van der Waals surface area contributed by atoms with Crippen LogP contribution in [0, 0.1) is 0 Å². The zero-order valence-electron chi connectivity index (χ0n) is 6.09. The van der Waals surface area contributed by atoms with Crippen LogP contribution >= 0.6 is 11.6 Å². The molecule has 66 valence electrons. The number of carbonyl (C=O) groups excluding carboxylic acids is 1. The second kappa shape index (κ2) is 7.63. The summed E-state index contributed by atoms with van der Waals surface area (Å²) in [5.41, 5.74) is 0. The van der Waals surface area contributed by atoms with Crippen LogP contribution in [0.3, 0.4) is 0 Å². The lowest BCUT2D eigenvalue weighted by atomic mass is 10.3. The van der Waals surface area contributed by atoms with Gasteiger partial charge in [-0.3, -0.25) is 0 Å². The molecule has 0 aromatic carbocycles. The van der Waals surface area contributed by atoms with Crippen molar-refractivity contribution in [3.63, 3.8) is 0 Å². The average molecular weight is 183 g/mol. The van der Waals surface area contributed by atoms with E-state index in [9.17, 15) is 4.79 Å². The molecule has 1 N–H and O–H groups in total. The molecule has 0 heterocycles. The van der Waals surface area contributed by atoms with Crippen molar-refractivity contribution in [1.82, 2.24) is 0 Å². The summed E-state index contributed by atoms with van der Waals surface area (Å²) in [6.45, 7) is 0.365. The van der Waals surface area contributed by atoms with Gasteiger partial charge in [-0.2, -0.15) is 0 Å². The number of aliphatic hydroxyl groups excluding tert-OH is 1. The molecule has 0 aromatic rings. The van der Waals surface area contributed by atoms with Crippen LogP contribution in [0.25, 0.3) is 0 Å². The van der Waals surface area contributed by atoms with E-state index >= 15 is 0 Å². The van der Waals surface area contributed by atoms with Crippen molar-refractivity contribution in [2.45, 2.75) is 12.8 Å². The normalized spacial score (nSPS) is 9.27. The fraction of sp³-hybridized carbons (Fsp3) is 0.833. The maximum absolute atomic E-state index is 10.4. The summed E-state index contributed by atoms with van der Waals surface area (Å²) in [7, 11) is 0. The van der Waals surface area contributed by atoms with E-state index in [0.29, 0.717) is 12.8 Å². The minimum absolute atomic E-state index is 0.105. The summed E-state index contributed by atoms with van der Waals surface area (Å²) in [5.74, 6) is 0. The molecule has 5 heteroatoms. The van der Waals surface area contributed by atoms with Crippen molar-refractivity contribution in [1.29, 1.82) is 0 Å². The fourth-order valence-corrected chi connectivity index (χ4v) is 0.545. The van der Waals surface area contributed by atoms with E-state index in [1.807, 2.05) is 0 Å². The van der Waals surface area contributed by atoms with Crippen LogP contribution in [0.15, 0.2) is 0 Å². The molecule has 0 saturated carbocycles. The largest absolute Gasteiger partial charge is 0.509 e. The average Bonchev–Trinajstić information content (AvgIpc) is 1.99. The van der Waals surface area contributed by atoms with Crippen LogP contribution < -0.4 is 0 Å². The first-order valence-electron chi connectivity index (χ1n) is 3.27. The number of alkyl halides is 1. The Kier molecular flexibility index (Phi) is 7.29. The number of hydrogen-bond acceptors (Lipinski definition) is 4. The highest BCUT2D eigenvalue weighted by Gasteiger charge is 2.00. The Hall–Kier alpha value is -0.480. The van der Waals surface area contributed by atoms with Gasteiger partial charge in [0.05, 0.1) is 6.61 Å². The number of aliphatic hydroxyl groups is 1. The number of ether oxygens (including phenoxy) is 2. The van der Waals surface area contributed by atoms with Gasteiger partial charge in [0.2, 0.25) is 0 Å². The first-order valence-corrected chi connectivity index (χ1v) is 3.81. The topological polar surface area (TPSA) is 55.8 Å². The monoisotopic (exact) mass is 182 g/mol. The number of rotatable bonds is 5. The van der Waals surface area contributed by atoms with Crippen LogP contribution in [0.4, 0.5) is 4.79 Å². The quantitative estimate of drug-likeness (QED) is 0.393. The van der Waals surface area contributed by atoms with Crippen LogP contribution in [-0.4, -0.2) is 30.5 Å². The van der Waals surface area contributed by atoms with E-state index in [0.717, 1.165) is 0 Å². The Balaban J connectivity index is 3.04. The highest BCUT2D eigenvalue weighted by Crippen LogP contribution is 1.92. The first kappa shape index (κ1) is 10.5. The van der Waals surface area contributed by atoms with Crippen molar-refractivity contribution in [3.05, 3.63) is 0 Å². The summed E-state index contributed by atoms with van der Waals surface area (Å²) in [6.07, 6.45) is 0.486. The standard InChI is InChI=1S/C6H11ClO4/c7-5-11-6(9)10-4-2-1-3-8/h8H,1-5H2. The van der Waals surface area contributed by atoms with Gasteiger partial charge in [0.25, 0.3) is 0 Å². The molecular weight excluding hydrogens is 172 g/mol. The maximum atomic E-state index is 10.4. The van der Waals surface area contributed by atoms with Gasteiger partial charge >= 0.3 is 6.16 Å². The highest BCUT2D eigenvalue weighted by atomic mass is 35.5. The molecular formula is C6H11ClO4. The molecule has 0 rings (SSSR count). The second-order valence-corrected chi connectivity index (χ2v) is 2.00. The molecule has 11 heavy (non-hydrogen) atoms. The van der Waals surface area contributed by atoms with Gasteiger partial charge in [-0.05, 0) is 12.8 Å². The number of halogens is 1. The minimum Gasteiger partial charge on any atom is -0.434 e. The lowest BCUT2D eigenvalue weighted by Crippen LogP contribution is -2.07. The Morgan fingerprint density at radius 3 is 2.64 bits per heavy atom. The lowest BCUT2D eigenvalue weighted by Gasteiger charge is -2.01. The summed E-state index contributed by atoms with van der Waals surface area (Å²) in [4.78, 5) is 10.4. The molecule has 0 spiro atoms. The molecule has 0 atom stereocenters. The van der Waals surface area contributed by atoms with Crippen LogP contribution in [0.1, 0.15) is 12.8 Å². The van der Waals surface area contributed by atoms with Gasteiger partial charge in [-0.25, -0.2) is 4.79 Å². The minimum atomic E-state index is -0.766. The Morgan fingerprint density at radius 2 is 2.09 bits per heavy atom. The van der Waals surface area contributed by atoms with Gasteiger partial charge in [-0.15, -0.1) is 0 Å². The van der Waals surface area contributed by atoms with Crippen molar-refractivity contribution in [3.8, 4) is 0 Å². The molecule has 0 aliphatic carbocycles. The van der Waals surface area contributed by atoms with Crippen LogP contribution in [0.2, 0.25) is 0 Å². The summed E-state index contributed by atoms with van der Waals surface area (Å²) < 4.78 is 8.79. The zero-order chi connectivity index (χ0) is 8.53. The number of hydrogen-bond donors (Lipinski definition) is 1. The van der Waals surface area contributed by atoms with Gasteiger partial charge in [-0.1, -0.05) is 11.6 Å². The SMILES string of the molecule is O=C(OCCl)OCCCCO. The van der Waals surface area contributed by atoms with Crippen molar-refractivity contribution < 1.29 is 19.4 Å². The van der Waals surface area contributed by atoms with Gasteiger partial charge in [0.1, 0.15) is 0 Å². The van der Waals surface area contributed by atoms with Gasteiger partial charge in [0, 0.05) is 6.61 Å². The molecule has 0 aliphatic rings. The molecule has 0 radical (unpaired) electrons. The second-order valence-electron chi connectivity index (χ2n) is 1.78. The predicted octanol–water partition coefficient (Wildman–Crippen LogP) is 1.11. The van der Waals surface area contributed by atoms with Crippen molar-refractivity contribution in [2.24, 2.45) is 0 Å². The smallest absolute Gasteiger partial charge is 0.434 e. The molecule has 0 unspecified atom stereocenters. The van der Waals surface area contributed by atoms with E-state index in [4.69, 9.17) is 16.7 Å². The zero-order valence-corrected chi connectivity index (χ0v) is 6.84. The van der Waals surface area contributed by atoms with E-state index in [-0.39, 0.29) is 19.3 Å². The molecule has 0 amide bonds. The first-order chi connectivity index (χ1) is 5.31. The fourth-order valence-electron chi connectivity index (χ4n) is 0.456. The maximum Gasteiger partial charge on any atom is 0.509 e. The Bertz CT molecular complexity index is 107.